The predicted molar refractivity (Wildman–Crippen MR) is 72.8 cm³/mol. The van der Waals surface area contributed by atoms with E-state index in [2.05, 4.69) is 5.32 Å². The Bertz CT molecular complexity index is 424. The molecule has 0 aromatic heterocycles. The van der Waals surface area contributed by atoms with Crippen LogP contribution in [0.3, 0.4) is 0 Å². The van der Waals surface area contributed by atoms with Crippen LogP contribution in [-0.2, 0) is 4.74 Å². The molecule has 2 fully saturated rings. The van der Waals surface area contributed by atoms with Crippen molar-refractivity contribution in [2.24, 2.45) is 0 Å². The van der Waals surface area contributed by atoms with Gasteiger partial charge in [0.25, 0.3) is 0 Å². The van der Waals surface area contributed by atoms with Crippen molar-refractivity contribution < 1.29 is 14.2 Å². The van der Waals surface area contributed by atoms with Crippen LogP contribution in [0.1, 0.15) is 19.3 Å². The number of benzene rings is 1. The molecule has 3 rings (SSSR count). The lowest BCUT2D eigenvalue weighted by Crippen LogP contribution is -2.39. The van der Waals surface area contributed by atoms with Gasteiger partial charge >= 0.3 is 0 Å². The number of ether oxygens (including phenoxy) is 3. The Morgan fingerprint density at radius 3 is 2.79 bits per heavy atom. The molecule has 104 valence electrons. The van der Waals surface area contributed by atoms with Gasteiger partial charge in [-0.25, -0.2) is 0 Å². The van der Waals surface area contributed by atoms with E-state index in [0.29, 0.717) is 24.9 Å². The first-order chi connectivity index (χ1) is 9.36. The summed E-state index contributed by atoms with van der Waals surface area (Å²) in [7, 11) is 1.66. The highest BCUT2D eigenvalue weighted by molar-refractivity contribution is 5.39. The fourth-order valence-corrected chi connectivity index (χ4v) is 3.00. The maximum Gasteiger partial charge on any atom is 0.161 e. The number of para-hydroxylation sites is 2. The van der Waals surface area contributed by atoms with Gasteiger partial charge in [0.1, 0.15) is 6.61 Å². The van der Waals surface area contributed by atoms with E-state index in [0.717, 1.165) is 24.5 Å². The van der Waals surface area contributed by atoms with Gasteiger partial charge in [0.05, 0.1) is 19.3 Å². The highest BCUT2D eigenvalue weighted by atomic mass is 16.5. The third-order valence-electron chi connectivity index (χ3n) is 3.94. The number of methoxy groups -OCH3 is 1. The highest BCUT2D eigenvalue weighted by Gasteiger charge is 2.40. The van der Waals surface area contributed by atoms with Crippen molar-refractivity contribution in [3.8, 4) is 11.5 Å². The van der Waals surface area contributed by atoms with Gasteiger partial charge in [0, 0.05) is 12.6 Å². The van der Waals surface area contributed by atoms with Crippen molar-refractivity contribution in [3.05, 3.63) is 24.3 Å². The maximum absolute atomic E-state index is 5.81. The summed E-state index contributed by atoms with van der Waals surface area (Å²) in [5, 5.41) is 3.53. The number of fused-ring (bicyclic) bond motifs is 2. The van der Waals surface area contributed by atoms with Gasteiger partial charge in [-0.05, 0) is 31.4 Å². The Hall–Kier alpha value is -1.26. The first-order valence-electron chi connectivity index (χ1n) is 7.01. The molecule has 0 saturated carbocycles. The van der Waals surface area contributed by atoms with Crippen LogP contribution in [0, 0.1) is 0 Å². The third-order valence-corrected chi connectivity index (χ3v) is 3.94. The van der Waals surface area contributed by atoms with Crippen molar-refractivity contribution in [1.29, 1.82) is 0 Å². The maximum atomic E-state index is 5.81. The summed E-state index contributed by atoms with van der Waals surface area (Å²) in [5.41, 5.74) is 0. The second-order valence-electron chi connectivity index (χ2n) is 5.17. The molecule has 3 atom stereocenters. The van der Waals surface area contributed by atoms with Crippen LogP contribution in [0.15, 0.2) is 24.3 Å². The molecule has 0 spiro atoms. The molecule has 3 unspecified atom stereocenters. The zero-order valence-electron chi connectivity index (χ0n) is 11.3. The van der Waals surface area contributed by atoms with Crippen molar-refractivity contribution in [2.45, 2.75) is 37.5 Å². The summed E-state index contributed by atoms with van der Waals surface area (Å²) in [6.07, 6.45) is 4.52. The van der Waals surface area contributed by atoms with Crippen molar-refractivity contribution in [3.63, 3.8) is 0 Å². The average Bonchev–Trinajstić information content (AvgIpc) is 3.06. The molecule has 19 heavy (non-hydrogen) atoms. The van der Waals surface area contributed by atoms with Gasteiger partial charge in [-0.15, -0.1) is 0 Å². The van der Waals surface area contributed by atoms with E-state index in [1.807, 2.05) is 24.3 Å². The van der Waals surface area contributed by atoms with E-state index in [1.54, 1.807) is 7.11 Å². The number of hydrogen-bond acceptors (Lipinski definition) is 4. The van der Waals surface area contributed by atoms with Crippen LogP contribution < -0.4 is 14.8 Å². The molecular weight excluding hydrogens is 242 g/mol. The van der Waals surface area contributed by atoms with Gasteiger partial charge in [0.2, 0.25) is 0 Å². The molecule has 0 radical (unpaired) electrons. The molecule has 0 aliphatic carbocycles. The summed E-state index contributed by atoms with van der Waals surface area (Å²) in [6.45, 7) is 1.49. The standard InChI is InChI=1S/C15H21NO3/c1-17-14-4-2-3-5-15(14)18-9-8-16-12-10-11-6-7-13(12)19-11/h2-5,11-13,16H,6-10H2,1H3. The van der Waals surface area contributed by atoms with Crippen LogP contribution in [0.5, 0.6) is 11.5 Å². The topological polar surface area (TPSA) is 39.7 Å². The first-order valence-corrected chi connectivity index (χ1v) is 7.01. The summed E-state index contributed by atoms with van der Waals surface area (Å²) in [6, 6.07) is 8.25. The van der Waals surface area contributed by atoms with Gasteiger partial charge in [-0.2, -0.15) is 0 Å². The molecule has 0 amide bonds. The molecule has 2 aliphatic rings. The fraction of sp³-hybridized carbons (Fsp3) is 0.600. The summed E-state index contributed by atoms with van der Waals surface area (Å²) in [4.78, 5) is 0. The molecule has 4 nitrogen and oxygen atoms in total. The van der Waals surface area contributed by atoms with Gasteiger partial charge in [0.15, 0.2) is 11.5 Å². The fourth-order valence-electron chi connectivity index (χ4n) is 3.00. The van der Waals surface area contributed by atoms with E-state index in [9.17, 15) is 0 Å². The minimum absolute atomic E-state index is 0.427. The molecule has 2 aliphatic heterocycles. The van der Waals surface area contributed by atoms with Crippen molar-refractivity contribution in [1.82, 2.24) is 5.32 Å². The number of hydrogen-bond donors (Lipinski definition) is 1. The van der Waals surface area contributed by atoms with E-state index in [4.69, 9.17) is 14.2 Å². The lowest BCUT2D eigenvalue weighted by atomic mass is 9.95. The highest BCUT2D eigenvalue weighted by Crippen LogP contribution is 2.34. The third kappa shape index (κ3) is 2.85. The Morgan fingerprint density at radius 2 is 2.11 bits per heavy atom. The van der Waals surface area contributed by atoms with Gasteiger partial charge in [-0.3, -0.25) is 0 Å². The minimum atomic E-state index is 0.427. The first kappa shape index (κ1) is 12.8. The molecule has 2 bridgehead atoms. The van der Waals surface area contributed by atoms with Crippen molar-refractivity contribution >= 4 is 0 Å². The Balaban J connectivity index is 1.41. The molecule has 2 saturated heterocycles. The molecule has 4 heteroatoms. The second kappa shape index (κ2) is 5.80. The zero-order chi connectivity index (χ0) is 13.1. The normalized spacial score (nSPS) is 28.6. The monoisotopic (exact) mass is 263 g/mol. The zero-order valence-corrected chi connectivity index (χ0v) is 11.3. The molecular formula is C15H21NO3. The largest absolute Gasteiger partial charge is 0.493 e. The Kier molecular flexibility index (Phi) is 3.89. The van der Waals surface area contributed by atoms with Crippen LogP contribution in [-0.4, -0.2) is 38.5 Å². The Morgan fingerprint density at radius 1 is 1.26 bits per heavy atom. The number of rotatable bonds is 6. The lowest BCUT2D eigenvalue weighted by Gasteiger charge is -2.20. The van der Waals surface area contributed by atoms with E-state index < -0.39 is 0 Å². The van der Waals surface area contributed by atoms with Crippen LogP contribution in [0.4, 0.5) is 0 Å². The lowest BCUT2D eigenvalue weighted by molar-refractivity contribution is 0.0969. The minimum Gasteiger partial charge on any atom is -0.493 e. The van der Waals surface area contributed by atoms with Crippen molar-refractivity contribution in [2.75, 3.05) is 20.3 Å². The summed E-state index contributed by atoms with van der Waals surface area (Å²) >= 11 is 0. The van der Waals surface area contributed by atoms with Crippen LogP contribution >= 0.6 is 0 Å². The van der Waals surface area contributed by atoms with E-state index in [1.165, 1.54) is 12.8 Å². The predicted octanol–water partition coefficient (Wildman–Crippen LogP) is 1.98. The van der Waals surface area contributed by atoms with Crippen LogP contribution in [0.25, 0.3) is 0 Å². The Labute approximate surface area is 114 Å². The van der Waals surface area contributed by atoms with Crippen LogP contribution in [0.2, 0.25) is 0 Å². The second-order valence-corrected chi connectivity index (χ2v) is 5.17. The smallest absolute Gasteiger partial charge is 0.161 e. The quantitative estimate of drug-likeness (QED) is 0.797. The summed E-state index contributed by atoms with van der Waals surface area (Å²) < 4.78 is 16.8. The van der Waals surface area contributed by atoms with Gasteiger partial charge in [-0.1, -0.05) is 12.1 Å². The number of nitrogens with one attached hydrogen (secondary N) is 1. The van der Waals surface area contributed by atoms with Gasteiger partial charge < -0.3 is 19.5 Å². The van der Waals surface area contributed by atoms with E-state index in [-0.39, 0.29) is 0 Å². The van der Waals surface area contributed by atoms with E-state index >= 15 is 0 Å². The molecule has 1 aromatic carbocycles. The molecule has 2 heterocycles. The molecule has 1 aromatic rings. The summed E-state index contributed by atoms with van der Waals surface area (Å²) in [5.74, 6) is 1.58. The SMILES string of the molecule is COc1ccccc1OCCNC1CC2CCC1O2. The average molecular weight is 263 g/mol. The molecule has 1 N–H and O–H groups in total.